The number of nitrogens with one attached hydrogen (secondary N) is 1. The molecule has 0 fully saturated rings. The molecule has 16 heavy (non-hydrogen) atoms. The van der Waals surface area contributed by atoms with E-state index in [0.717, 1.165) is 19.4 Å². The predicted octanol–water partition coefficient (Wildman–Crippen LogP) is 3.74. The summed E-state index contributed by atoms with van der Waals surface area (Å²) >= 11 is 5.61. The highest BCUT2D eigenvalue weighted by Gasteiger charge is 2.01. The predicted molar refractivity (Wildman–Crippen MR) is 71.8 cm³/mol. The van der Waals surface area contributed by atoms with E-state index in [2.05, 4.69) is 42.6 Å². The van der Waals surface area contributed by atoms with Crippen LogP contribution in [0, 0.1) is 0 Å². The molecule has 1 unspecified atom stereocenters. The van der Waals surface area contributed by atoms with Crippen molar-refractivity contribution < 1.29 is 0 Å². The Bertz CT molecular complexity index is 319. The van der Waals surface area contributed by atoms with E-state index in [-0.39, 0.29) is 0 Å². The molecule has 0 radical (unpaired) electrons. The van der Waals surface area contributed by atoms with E-state index in [9.17, 15) is 0 Å². The molecule has 0 aliphatic rings. The Labute approximate surface area is 104 Å². The van der Waals surface area contributed by atoms with E-state index in [1.54, 1.807) is 5.54 Å². The third-order valence-corrected chi connectivity index (χ3v) is 3.00. The van der Waals surface area contributed by atoms with Crippen molar-refractivity contribution in [1.82, 2.24) is 5.32 Å². The minimum atomic E-state index is 0.520. The minimum absolute atomic E-state index is 0.520. The molecule has 0 spiro atoms. The van der Waals surface area contributed by atoms with Crippen LogP contribution >= 0.6 is 11.6 Å². The fourth-order valence-corrected chi connectivity index (χ4v) is 1.58. The van der Waals surface area contributed by atoms with Gasteiger partial charge in [-0.1, -0.05) is 41.9 Å². The molecule has 0 aliphatic carbocycles. The molecule has 1 N–H and O–H groups in total. The standard InChI is InChI=1S/C14H20ClN/c1-12(10-15)11-16-13(2)8-9-14-6-4-3-5-7-14/h3-7,10,13,16H,8-9,11H2,1-2H3/b12-10+. The lowest BCUT2D eigenvalue weighted by Crippen LogP contribution is -2.27. The van der Waals surface area contributed by atoms with Crippen molar-refractivity contribution in [3.63, 3.8) is 0 Å². The second-order valence-electron chi connectivity index (χ2n) is 4.26. The molecule has 1 rings (SSSR count). The second kappa shape index (κ2) is 7.48. The van der Waals surface area contributed by atoms with Gasteiger partial charge in [-0.15, -0.1) is 0 Å². The highest BCUT2D eigenvalue weighted by Crippen LogP contribution is 2.05. The summed E-state index contributed by atoms with van der Waals surface area (Å²) in [4.78, 5) is 0. The van der Waals surface area contributed by atoms with Crippen LogP contribution in [0.4, 0.5) is 0 Å². The lowest BCUT2D eigenvalue weighted by molar-refractivity contribution is 0.537. The highest BCUT2D eigenvalue weighted by atomic mass is 35.5. The largest absolute Gasteiger partial charge is 0.310 e. The third kappa shape index (κ3) is 5.34. The van der Waals surface area contributed by atoms with E-state index in [4.69, 9.17) is 11.6 Å². The summed E-state index contributed by atoms with van der Waals surface area (Å²) in [5.74, 6) is 0. The maximum absolute atomic E-state index is 5.61. The van der Waals surface area contributed by atoms with Crippen molar-refractivity contribution in [3.8, 4) is 0 Å². The third-order valence-electron chi connectivity index (χ3n) is 2.62. The molecule has 1 aromatic rings. The molecule has 0 saturated carbocycles. The van der Waals surface area contributed by atoms with Crippen LogP contribution in [0.2, 0.25) is 0 Å². The zero-order valence-electron chi connectivity index (χ0n) is 10.0. The van der Waals surface area contributed by atoms with E-state index < -0.39 is 0 Å². The van der Waals surface area contributed by atoms with Crippen LogP contribution in [0.15, 0.2) is 41.4 Å². The Kier molecular flexibility index (Phi) is 6.20. The maximum Gasteiger partial charge on any atom is 0.0176 e. The van der Waals surface area contributed by atoms with Crippen molar-refractivity contribution in [2.45, 2.75) is 32.7 Å². The van der Waals surface area contributed by atoms with Crippen LogP contribution in [0.5, 0.6) is 0 Å². The first kappa shape index (κ1) is 13.3. The fourth-order valence-electron chi connectivity index (χ4n) is 1.50. The normalized spacial score (nSPS) is 13.8. The van der Waals surface area contributed by atoms with Gasteiger partial charge in [0.25, 0.3) is 0 Å². The Morgan fingerprint density at radius 3 is 2.69 bits per heavy atom. The Morgan fingerprint density at radius 2 is 2.06 bits per heavy atom. The van der Waals surface area contributed by atoms with Gasteiger partial charge in [-0.3, -0.25) is 0 Å². The highest BCUT2D eigenvalue weighted by molar-refractivity contribution is 6.25. The van der Waals surface area contributed by atoms with Gasteiger partial charge < -0.3 is 5.32 Å². The van der Waals surface area contributed by atoms with E-state index >= 15 is 0 Å². The molecule has 1 atom stereocenters. The number of hydrogen-bond acceptors (Lipinski definition) is 1. The fraction of sp³-hybridized carbons (Fsp3) is 0.429. The molecule has 0 bridgehead atoms. The summed E-state index contributed by atoms with van der Waals surface area (Å²) in [6.07, 6.45) is 2.28. The molecule has 1 aromatic carbocycles. The molecule has 2 heteroatoms. The van der Waals surface area contributed by atoms with Gasteiger partial charge in [-0.25, -0.2) is 0 Å². The van der Waals surface area contributed by atoms with Crippen molar-refractivity contribution in [1.29, 1.82) is 0 Å². The summed E-state index contributed by atoms with van der Waals surface area (Å²) in [7, 11) is 0. The van der Waals surface area contributed by atoms with Crippen LogP contribution < -0.4 is 5.32 Å². The summed E-state index contributed by atoms with van der Waals surface area (Å²) in [5, 5.41) is 3.45. The summed E-state index contributed by atoms with van der Waals surface area (Å²) in [6, 6.07) is 11.1. The van der Waals surface area contributed by atoms with Gasteiger partial charge in [0.2, 0.25) is 0 Å². The first-order chi connectivity index (χ1) is 7.72. The van der Waals surface area contributed by atoms with Gasteiger partial charge in [0.15, 0.2) is 0 Å². The Hall–Kier alpha value is -0.790. The van der Waals surface area contributed by atoms with Crippen molar-refractivity contribution in [3.05, 3.63) is 47.0 Å². The molecule has 1 nitrogen and oxygen atoms in total. The number of aryl methyl sites for hydroxylation is 1. The van der Waals surface area contributed by atoms with E-state index in [1.165, 1.54) is 11.1 Å². The lowest BCUT2D eigenvalue weighted by Gasteiger charge is -2.13. The molecule has 0 aliphatic heterocycles. The lowest BCUT2D eigenvalue weighted by atomic mass is 10.1. The van der Waals surface area contributed by atoms with Gasteiger partial charge in [0.1, 0.15) is 0 Å². The quantitative estimate of drug-likeness (QED) is 0.795. The average Bonchev–Trinajstić information content (AvgIpc) is 2.34. The van der Waals surface area contributed by atoms with Gasteiger partial charge >= 0.3 is 0 Å². The summed E-state index contributed by atoms with van der Waals surface area (Å²) in [6.45, 7) is 5.12. The number of halogens is 1. The zero-order chi connectivity index (χ0) is 11.8. The van der Waals surface area contributed by atoms with Gasteiger partial charge in [-0.05, 0) is 37.8 Å². The number of benzene rings is 1. The minimum Gasteiger partial charge on any atom is -0.310 e. The molecule has 0 amide bonds. The monoisotopic (exact) mass is 237 g/mol. The zero-order valence-corrected chi connectivity index (χ0v) is 10.8. The number of rotatable bonds is 6. The van der Waals surface area contributed by atoms with E-state index in [1.807, 2.05) is 6.92 Å². The topological polar surface area (TPSA) is 12.0 Å². The van der Waals surface area contributed by atoms with Crippen LogP contribution in [0.25, 0.3) is 0 Å². The van der Waals surface area contributed by atoms with Crippen molar-refractivity contribution in [2.24, 2.45) is 0 Å². The SMILES string of the molecule is C/C(=C\Cl)CNC(C)CCc1ccccc1. The van der Waals surface area contributed by atoms with E-state index in [0.29, 0.717) is 6.04 Å². The van der Waals surface area contributed by atoms with Crippen LogP contribution in [-0.4, -0.2) is 12.6 Å². The molecular weight excluding hydrogens is 218 g/mol. The van der Waals surface area contributed by atoms with Crippen molar-refractivity contribution in [2.75, 3.05) is 6.54 Å². The van der Waals surface area contributed by atoms with Crippen molar-refractivity contribution >= 4 is 11.6 Å². The Balaban J connectivity index is 2.23. The first-order valence-electron chi connectivity index (χ1n) is 5.75. The Morgan fingerprint density at radius 1 is 1.38 bits per heavy atom. The molecule has 88 valence electrons. The van der Waals surface area contributed by atoms with Gasteiger partial charge in [0.05, 0.1) is 0 Å². The average molecular weight is 238 g/mol. The van der Waals surface area contributed by atoms with Crippen LogP contribution in [0.3, 0.4) is 0 Å². The molecule has 0 saturated heterocycles. The van der Waals surface area contributed by atoms with Gasteiger partial charge in [-0.2, -0.15) is 0 Å². The smallest absolute Gasteiger partial charge is 0.0176 e. The summed E-state index contributed by atoms with van der Waals surface area (Å²) in [5.41, 5.74) is 4.21. The molecule has 0 aromatic heterocycles. The maximum atomic E-state index is 5.61. The van der Waals surface area contributed by atoms with Crippen LogP contribution in [-0.2, 0) is 6.42 Å². The second-order valence-corrected chi connectivity index (χ2v) is 4.48. The number of hydrogen-bond donors (Lipinski definition) is 1. The summed E-state index contributed by atoms with van der Waals surface area (Å²) < 4.78 is 0. The van der Waals surface area contributed by atoms with Crippen LogP contribution in [0.1, 0.15) is 25.8 Å². The van der Waals surface area contributed by atoms with Gasteiger partial charge in [0, 0.05) is 18.1 Å². The molecular formula is C14H20ClN. The molecule has 0 heterocycles. The first-order valence-corrected chi connectivity index (χ1v) is 6.19.